The first-order valence-corrected chi connectivity index (χ1v) is 12.6. The molecule has 0 aromatic heterocycles. The number of amides is 1. The minimum Gasteiger partial charge on any atom is -0.420 e. The third-order valence-corrected chi connectivity index (χ3v) is 6.07. The zero-order chi connectivity index (χ0) is 25.0. The topological polar surface area (TPSA) is 45.1 Å². The average molecular weight is 472 g/mol. The van der Waals surface area contributed by atoms with Crippen LogP contribution in [-0.2, 0) is 9.53 Å². The fraction of sp³-hybridized carbons (Fsp3) is 0.333. The Balaban J connectivity index is 1.84. The zero-order valence-corrected chi connectivity index (χ0v) is 21.2. The monoisotopic (exact) mass is 471 g/mol. The summed E-state index contributed by atoms with van der Waals surface area (Å²) >= 11 is 0. The number of nitrogens with zero attached hydrogens (tertiary/aromatic N) is 3. The quantitative estimate of drug-likeness (QED) is 0.286. The van der Waals surface area contributed by atoms with Crippen molar-refractivity contribution < 1.29 is 9.53 Å². The second-order valence-corrected chi connectivity index (χ2v) is 8.45. The van der Waals surface area contributed by atoms with Crippen molar-refractivity contribution in [3.8, 4) is 0 Å². The van der Waals surface area contributed by atoms with Crippen LogP contribution >= 0.6 is 0 Å². The molecule has 35 heavy (non-hydrogen) atoms. The molecule has 1 saturated heterocycles. The van der Waals surface area contributed by atoms with E-state index < -0.39 is 0 Å². The molecule has 0 spiro atoms. The summed E-state index contributed by atoms with van der Waals surface area (Å²) in [5, 5.41) is 0. The number of hydrogen-bond acceptors (Lipinski definition) is 4. The Bertz CT molecular complexity index is 1050. The van der Waals surface area contributed by atoms with Crippen molar-refractivity contribution in [1.29, 1.82) is 0 Å². The predicted octanol–water partition coefficient (Wildman–Crippen LogP) is 7.05. The highest BCUT2D eigenvalue weighted by Gasteiger charge is 2.34. The lowest BCUT2D eigenvalue weighted by molar-refractivity contribution is -0.122. The van der Waals surface area contributed by atoms with Crippen LogP contribution in [0.2, 0.25) is 0 Å². The summed E-state index contributed by atoms with van der Waals surface area (Å²) in [6.45, 7) is 10.5. The molecular weight excluding hydrogens is 434 g/mol. The maximum absolute atomic E-state index is 12.8. The SMILES string of the molecule is C=C/C(=C\C)N(C(/C=C\C)=C/C=C/C=C1/O/C(=N/C2CCCCC2)N(CC)C1=O)c1ccccc1. The zero-order valence-electron chi connectivity index (χ0n) is 21.2. The van der Waals surface area contributed by atoms with E-state index in [1.165, 1.54) is 19.3 Å². The molecule has 2 fully saturated rings. The Morgan fingerprint density at radius 1 is 1.14 bits per heavy atom. The summed E-state index contributed by atoms with van der Waals surface area (Å²) in [7, 11) is 0. The third kappa shape index (κ3) is 6.72. The molecule has 1 aliphatic carbocycles. The molecule has 3 rings (SSSR count). The Hall–Kier alpha value is -3.60. The van der Waals surface area contributed by atoms with Crippen molar-refractivity contribution in [3.63, 3.8) is 0 Å². The molecule has 2 aliphatic rings. The Labute approximate surface area is 210 Å². The van der Waals surface area contributed by atoms with E-state index in [9.17, 15) is 4.79 Å². The molecule has 5 heteroatoms. The first-order chi connectivity index (χ1) is 17.1. The lowest BCUT2D eigenvalue weighted by Crippen LogP contribution is -2.30. The number of ether oxygens (including phenoxy) is 1. The first-order valence-electron chi connectivity index (χ1n) is 12.6. The van der Waals surface area contributed by atoms with E-state index in [1.54, 1.807) is 11.0 Å². The van der Waals surface area contributed by atoms with Gasteiger partial charge in [0.1, 0.15) is 0 Å². The molecular formula is C30H37N3O2. The highest BCUT2D eigenvalue weighted by Crippen LogP contribution is 2.26. The van der Waals surface area contributed by atoms with Crippen LogP contribution in [0.25, 0.3) is 0 Å². The van der Waals surface area contributed by atoms with Gasteiger partial charge in [0.05, 0.1) is 6.04 Å². The van der Waals surface area contributed by atoms with E-state index in [0.717, 1.165) is 29.9 Å². The van der Waals surface area contributed by atoms with Gasteiger partial charge in [-0.25, -0.2) is 4.99 Å². The predicted molar refractivity (Wildman–Crippen MR) is 146 cm³/mol. The van der Waals surface area contributed by atoms with E-state index in [-0.39, 0.29) is 11.9 Å². The van der Waals surface area contributed by atoms with Crippen LogP contribution in [-0.4, -0.2) is 29.4 Å². The number of para-hydroxylation sites is 1. The van der Waals surface area contributed by atoms with Crippen LogP contribution in [0.4, 0.5) is 5.69 Å². The second-order valence-electron chi connectivity index (χ2n) is 8.45. The number of carbonyl (C=O) groups is 1. The van der Waals surface area contributed by atoms with Gasteiger partial charge in [-0.05, 0) is 70.0 Å². The molecule has 1 aromatic carbocycles. The summed E-state index contributed by atoms with van der Waals surface area (Å²) in [6.07, 6.45) is 21.2. The number of likely N-dealkylation sites (N-methyl/N-ethyl adjacent to an activating group) is 1. The van der Waals surface area contributed by atoms with Crippen LogP contribution in [0.3, 0.4) is 0 Å². The van der Waals surface area contributed by atoms with Crippen molar-refractivity contribution in [1.82, 2.24) is 4.90 Å². The van der Waals surface area contributed by atoms with Gasteiger partial charge in [0.2, 0.25) is 0 Å². The lowest BCUT2D eigenvalue weighted by Gasteiger charge is -2.27. The van der Waals surface area contributed by atoms with Crippen molar-refractivity contribution in [3.05, 3.63) is 103 Å². The minimum atomic E-state index is -0.141. The van der Waals surface area contributed by atoms with Gasteiger partial charge >= 0.3 is 6.02 Å². The highest BCUT2D eigenvalue weighted by atomic mass is 16.5. The number of rotatable bonds is 9. The smallest absolute Gasteiger partial charge is 0.300 e. The molecule has 1 heterocycles. The molecule has 0 atom stereocenters. The second kappa shape index (κ2) is 13.3. The summed E-state index contributed by atoms with van der Waals surface area (Å²) in [6, 6.07) is 10.8. The number of allylic oxidation sites excluding steroid dienone is 8. The number of hydrogen-bond donors (Lipinski definition) is 0. The summed E-state index contributed by atoms with van der Waals surface area (Å²) in [5.41, 5.74) is 2.98. The number of carbonyl (C=O) groups excluding carboxylic acids is 1. The fourth-order valence-electron chi connectivity index (χ4n) is 4.30. The van der Waals surface area contributed by atoms with Gasteiger partial charge in [0.15, 0.2) is 5.76 Å². The molecule has 0 bridgehead atoms. The van der Waals surface area contributed by atoms with E-state index in [2.05, 4.69) is 23.6 Å². The fourth-order valence-corrected chi connectivity index (χ4v) is 4.30. The Morgan fingerprint density at radius 2 is 1.89 bits per heavy atom. The number of aliphatic imine (C=N–C) groups is 1. The van der Waals surface area contributed by atoms with Gasteiger partial charge < -0.3 is 9.64 Å². The number of amidine groups is 1. The highest BCUT2D eigenvalue weighted by molar-refractivity contribution is 6.09. The van der Waals surface area contributed by atoms with Gasteiger partial charge in [0, 0.05) is 23.6 Å². The summed E-state index contributed by atoms with van der Waals surface area (Å²) in [5.74, 6) is 0.164. The molecule has 1 amide bonds. The van der Waals surface area contributed by atoms with E-state index >= 15 is 0 Å². The van der Waals surface area contributed by atoms with Crippen LogP contribution in [0, 0.1) is 0 Å². The molecule has 0 unspecified atom stereocenters. The van der Waals surface area contributed by atoms with Crippen LogP contribution in [0.1, 0.15) is 52.9 Å². The molecule has 0 N–H and O–H groups in total. The van der Waals surface area contributed by atoms with E-state index in [1.807, 2.05) is 81.5 Å². The van der Waals surface area contributed by atoms with Crippen LogP contribution in [0.15, 0.2) is 108 Å². The van der Waals surface area contributed by atoms with Gasteiger partial charge in [-0.1, -0.05) is 68.3 Å². The van der Waals surface area contributed by atoms with Crippen LogP contribution in [0.5, 0.6) is 0 Å². The van der Waals surface area contributed by atoms with Crippen molar-refractivity contribution >= 4 is 17.6 Å². The first kappa shape index (κ1) is 26.0. The number of benzene rings is 1. The normalized spacial score (nSPS) is 20.4. The molecule has 0 radical (unpaired) electrons. The Kier molecular flexibility index (Phi) is 9.91. The molecule has 1 aromatic rings. The van der Waals surface area contributed by atoms with E-state index in [4.69, 9.17) is 9.73 Å². The summed E-state index contributed by atoms with van der Waals surface area (Å²) < 4.78 is 5.89. The number of anilines is 1. The maximum Gasteiger partial charge on any atom is 0.300 e. The van der Waals surface area contributed by atoms with Gasteiger partial charge in [-0.3, -0.25) is 9.69 Å². The van der Waals surface area contributed by atoms with Gasteiger partial charge in [-0.2, -0.15) is 0 Å². The Morgan fingerprint density at radius 3 is 2.51 bits per heavy atom. The molecule has 184 valence electrons. The van der Waals surface area contributed by atoms with Crippen molar-refractivity contribution in [2.24, 2.45) is 4.99 Å². The molecule has 1 saturated carbocycles. The van der Waals surface area contributed by atoms with Gasteiger partial charge in [0.25, 0.3) is 5.91 Å². The standard InChI is InChI=1S/C30H37N3O2/c1-5-17-26(33(25(6-2)7-3)27-20-13-10-14-21-27)22-15-16-23-28-29(34)32(8-4)30(35-28)31-24-18-11-9-12-19-24/h5-7,10,13-17,20-24H,2,8-9,11-12,18-19H2,1,3-4H3/b16-15+,17-5-,25-7+,26-22+,28-23+,31-30+. The third-order valence-electron chi connectivity index (χ3n) is 6.07. The lowest BCUT2D eigenvalue weighted by atomic mass is 9.96. The van der Waals surface area contributed by atoms with Crippen molar-refractivity contribution in [2.75, 3.05) is 11.4 Å². The maximum atomic E-state index is 12.8. The summed E-state index contributed by atoms with van der Waals surface area (Å²) in [4.78, 5) is 21.4. The largest absolute Gasteiger partial charge is 0.420 e. The van der Waals surface area contributed by atoms with Gasteiger partial charge in [-0.15, -0.1) is 0 Å². The van der Waals surface area contributed by atoms with Crippen LogP contribution < -0.4 is 4.90 Å². The molecule has 5 nitrogen and oxygen atoms in total. The average Bonchev–Trinajstić information content (AvgIpc) is 3.19. The van der Waals surface area contributed by atoms with Crippen molar-refractivity contribution in [2.45, 2.75) is 58.9 Å². The van der Waals surface area contributed by atoms with E-state index in [0.29, 0.717) is 18.3 Å². The minimum absolute atomic E-state index is 0.141. The molecule has 1 aliphatic heterocycles.